The number of aryl methyl sites for hydroxylation is 1. The number of carbonyl (C=O) groups is 2. The van der Waals surface area contributed by atoms with E-state index in [4.69, 9.17) is 9.47 Å². The van der Waals surface area contributed by atoms with Gasteiger partial charge < -0.3 is 9.47 Å². The molecule has 0 unspecified atom stereocenters. The molecule has 2 aromatic rings. The standard InChI is InChI=1S/C22H25N3O6S/c1-16-6-8-20(30-2)17(14-16)7-9-21(26)23-24-22(27)18-4-3-5-19(15-18)32(28,29)25-10-12-31-13-11-25/h3-9,14-15H,10-13H2,1-2H3,(H,23,26)(H,24,27)/b9-7+. The van der Waals surface area contributed by atoms with Gasteiger partial charge in [0.15, 0.2) is 0 Å². The van der Waals surface area contributed by atoms with E-state index in [0.29, 0.717) is 19.0 Å². The van der Waals surface area contributed by atoms with Gasteiger partial charge in [0, 0.05) is 30.3 Å². The maximum absolute atomic E-state index is 12.8. The monoisotopic (exact) mass is 459 g/mol. The highest BCUT2D eigenvalue weighted by atomic mass is 32.2. The van der Waals surface area contributed by atoms with Crippen LogP contribution in [0.1, 0.15) is 21.5 Å². The van der Waals surface area contributed by atoms with Crippen molar-refractivity contribution in [3.8, 4) is 5.75 Å². The first kappa shape index (κ1) is 23.5. The lowest BCUT2D eigenvalue weighted by molar-refractivity contribution is -0.117. The zero-order valence-electron chi connectivity index (χ0n) is 17.8. The third-order valence-electron chi connectivity index (χ3n) is 4.80. The van der Waals surface area contributed by atoms with Crippen LogP contribution in [0, 0.1) is 6.92 Å². The van der Waals surface area contributed by atoms with E-state index in [0.717, 1.165) is 11.1 Å². The van der Waals surface area contributed by atoms with Gasteiger partial charge in [0.2, 0.25) is 10.0 Å². The summed E-state index contributed by atoms with van der Waals surface area (Å²) in [7, 11) is -2.20. The molecule has 0 spiro atoms. The smallest absolute Gasteiger partial charge is 0.269 e. The Kier molecular flexibility index (Phi) is 7.62. The fourth-order valence-corrected chi connectivity index (χ4v) is 4.57. The van der Waals surface area contributed by atoms with Crippen LogP contribution < -0.4 is 15.6 Å². The molecule has 0 aliphatic carbocycles. The van der Waals surface area contributed by atoms with Gasteiger partial charge in [-0.05, 0) is 43.3 Å². The minimum Gasteiger partial charge on any atom is -0.496 e. The lowest BCUT2D eigenvalue weighted by atomic mass is 10.1. The van der Waals surface area contributed by atoms with Gasteiger partial charge in [-0.3, -0.25) is 20.4 Å². The lowest BCUT2D eigenvalue weighted by Gasteiger charge is -2.26. The maximum atomic E-state index is 12.8. The minimum absolute atomic E-state index is 0.00446. The van der Waals surface area contributed by atoms with Crippen LogP contribution in [0.4, 0.5) is 0 Å². The van der Waals surface area contributed by atoms with E-state index in [1.807, 2.05) is 19.1 Å². The van der Waals surface area contributed by atoms with E-state index in [-0.39, 0.29) is 23.5 Å². The second-order valence-electron chi connectivity index (χ2n) is 7.07. The Bertz CT molecular complexity index is 1120. The van der Waals surface area contributed by atoms with Gasteiger partial charge in [-0.1, -0.05) is 17.7 Å². The van der Waals surface area contributed by atoms with Crippen LogP contribution in [0.25, 0.3) is 6.08 Å². The Balaban J connectivity index is 1.63. The SMILES string of the molecule is COc1ccc(C)cc1/C=C/C(=O)NNC(=O)c1cccc(S(=O)(=O)N2CCOCC2)c1. The highest BCUT2D eigenvalue weighted by molar-refractivity contribution is 7.89. The number of ether oxygens (including phenoxy) is 2. The van der Waals surface area contributed by atoms with Crippen molar-refractivity contribution >= 4 is 27.9 Å². The van der Waals surface area contributed by atoms with E-state index >= 15 is 0 Å². The van der Waals surface area contributed by atoms with E-state index in [1.165, 1.54) is 41.8 Å². The summed E-state index contributed by atoms with van der Waals surface area (Å²) in [6.07, 6.45) is 2.83. The third kappa shape index (κ3) is 5.72. The van der Waals surface area contributed by atoms with Gasteiger partial charge in [-0.25, -0.2) is 8.42 Å². The first-order valence-corrected chi connectivity index (χ1v) is 11.4. The molecular weight excluding hydrogens is 434 g/mol. The number of hydrogen-bond acceptors (Lipinski definition) is 6. The largest absolute Gasteiger partial charge is 0.496 e. The summed E-state index contributed by atoms with van der Waals surface area (Å²) in [5.74, 6) is -0.583. The zero-order chi connectivity index (χ0) is 23.1. The Morgan fingerprint density at radius 1 is 1.09 bits per heavy atom. The Labute approximate surface area is 187 Å². The molecule has 1 aliphatic rings. The Morgan fingerprint density at radius 2 is 1.84 bits per heavy atom. The predicted octanol–water partition coefficient (Wildman–Crippen LogP) is 1.50. The molecule has 10 heteroatoms. The maximum Gasteiger partial charge on any atom is 0.269 e. The molecule has 1 aliphatic heterocycles. The van der Waals surface area contributed by atoms with Gasteiger partial charge in [0.05, 0.1) is 25.2 Å². The normalized spacial score (nSPS) is 14.8. The highest BCUT2D eigenvalue weighted by Gasteiger charge is 2.26. The number of morpholine rings is 1. The number of hydrogen-bond donors (Lipinski definition) is 2. The first-order valence-electron chi connectivity index (χ1n) is 9.92. The average molecular weight is 460 g/mol. The number of nitrogens with zero attached hydrogens (tertiary/aromatic N) is 1. The molecule has 0 bridgehead atoms. The van der Waals surface area contributed by atoms with E-state index in [2.05, 4.69) is 10.9 Å². The number of methoxy groups -OCH3 is 1. The molecule has 9 nitrogen and oxygen atoms in total. The number of sulfonamides is 1. The Hall–Kier alpha value is -3.21. The molecule has 3 rings (SSSR count). The molecular formula is C22H25N3O6S. The van der Waals surface area contributed by atoms with Crippen LogP contribution in [-0.4, -0.2) is 58.0 Å². The topological polar surface area (TPSA) is 114 Å². The van der Waals surface area contributed by atoms with Crippen LogP contribution in [0.15, 0.2) is 53.4 Å². The molecule has 2 aromatic carbocycles. The Morgan fingerprint density at radius 3 is 2.56 bits per heavy atom. The molecule has 2 amide bonds. The molecule has 0 aromatic heterocycles. The fraction of sp³-hybridized carbons (Fsp3) is 0.273. The molecule has 170 valence electrons. The van der Waals surface area contributed by atoms with E-state index in [1.54, 1.807) is 12.1 Å². The quantitative estimate of drug-likeness (QED) is 0.500. The van der Waals surface area contributed by atoms with Crippen molar-refractivity contribution in [3.05, 3.63) is 65.2 Å². The summed E-state index contributed by atoms with van der Waals surface area (Å²) >= 11 is 0. The van der Waals surface area contributed by atoms with Crippen molar-refractivity contribution in [3.63, 3.8) is 0 Å². The van der Waals surface area contributed by atoms with Gasteiger partial charge in [-0.15, -0.1) is 0 Å². The third-order valence-corrected chi connectivity index (χ3v) is 6.70. The van der Waals surface area contributed by atoms with E-state index < -0.39 is 21.8 Å². The van der Waals surface area contributed by atoms with Crippen LogP contribution in [0.2, 0.25) is 0 Å². The van der Waals surface area contributed by atoms with Crippen LogP contribution >= 0.6 is 0 Å². The summed E-state index contributed by atoms with van der Waals surface area (Å²) in [4.78, 5) is 24.5. The van der Waals surface area contributed by atoms with Crippen molar-refractivity contribution in [1.29, 1.82) is 0 Å². The van der Waals surface area contributed by atoms with Crippen LogP contribution in [-0.2, 0) is 19.6 Å². The van der Waals surface area contributed by atoms with Crippen molar-refractivity contribution in [2.24, 2.45) is 0 Å². The highest BCUT2D eigenvalue weighted by Crippen LogP contribution is 2.21. The molecule has 0 radical (unpaired) electrons. The van der Waals surface area contributed by atoms with Gasteiger partial charge >= 0.3 is 0 Å². The lowest BCUT2D eigenvalue weighted by Crippen LogP contribution is -2.41. The minimum atomic E-state index is -3.74. The molecule has 1 saturated heterocycles. The summed E-state index contributed by atoms with van der Waals surface area (Å²) in [5.41, 5.74) is 6.39. The van der Waals surface area contributed by atoms with Crippen molar-refractivity contribution in [2.45, 2.75) is 11.8 Å². The first-order chi connectivity index (χ1) is 15.3. The predicted molar refractivity (Wildman–Crippen MR) is 118 cm³/mol. The van der Waals surface area contributed by atoms with E-state index in [9.17, 15) is 18.0 Å². The van der Waals surface area contributed by atoms with Crippen molar-refractivity contribution < 1.29 is 27.5 Å². The average Bonchev–Trinajstić information content (AvgIpc) is 2.82. The molecule has 1 heterocycles. The van der Waals surface area contributed by atoms with Crippen molar-refractivity contribution in [1.82, 2.24) is 15.2 Å². The molecule has 0 saturated carbocycles. The second kappa shape index (κ2) is 10.4. The summed E-state index contributed by atoms with van der Waals surface area (Å²) in [6.45, 7) is 3.09. The molecule has 0 atom stereocenters. The summed E-state index contributed by atoms with van der Waals surface area (Å²) in [5, 5.41) is 0. The molecule has 1 fully saturated rings. The van der Waals surface area contributed by atoms with Crippen LogP contribution in [0.3, 0.4) is 0 Å². The zero-order valence-corrected chi connectivity index (χ0v) is 18.6. The summed E-state index contributed by atoms with van der Waals surface area (Å²) < 4.78 is 37.3. The number of rotatable bonds is 6. The van der Waals surface area contributed by atoms with Crippen LogP contribution in [0.5, 0.6) is 5.75 Å². The van der Waals surface area contributed by atoms with Crippen molar-refractivity contribution in [2.75, 3.05) is 33.4 Å². The number of carbonyl (C=O) groups excluding carboxylic acids is 2. The fourth-order valence-electron chi connectivity index (χ4n) is 3.12. The number of benzene rings is 2. The second-order valence-corrected chi connectivity index (χ2v) is 9.00. The van der Waals surface area contributed by atoms with Gasteiger partial charge in [0.1, 0.15) is 5.75 Å². The van der Waals surface area contributed by atoms with Gasteiger partial charge in [0.25, 0.3) is 11.8 Å². The number of amides is 2. The molecule has 32 heavy (non-hydrogen) atoms. The molecule has 2 N–H and O–H groups in total. The van der Waals surface area contributed by atoms with Gasteiger partial charge in [-0.2, -0.15) is 4.31 Å². The summed E-state index contributed by atoms with van der Waals surface area (Å²) in [6, 6.07) is 11.2. The number of nitrogens with one attached hydrogen (secondary N) is 2. The number of hydrazine groups is 1.